The Hall–Kier alpha value is -3.61. The van der Waals surface area contributed by atoms with Crippen molar-refractivity contribution in [1.29, 1.82) is 0 Å². The first-order chi connectivity index (χ1) is 15.0. The first-order valence-corrected chi connectivity index (χ1v) is 10.5. The average Bonchev–Trinajstić information content (AvgIpc) is 3.32. The van der Waals surface area contributed by atoms with Crippen LogP contribution in [0.1, 0.15) is 25.0 Å². The summed E-state index contributed by atoms with van der Waals surface area (Å²) in [4.78, 5) is 16.1. The maximum atomic E-state index is 11.8. The smallest absolute Gasteiger partial charge is 0.226 e. The third-order valence-corrected chi connectivity index (χ3v) is 4.84. The summed E-state index contributed by atoms with van der Waals surface area (Å²) in [5.74, 6) is 0.738. The number of hydrogen-bond acceptors (Lipinski definition) is 3. The largest absolute Gasteiger partial charge is 0.356 e. The Morgan fingerprint density at radius 1 is 1.03 bits per heavy atom. The number of hydrogen-bond donors (Lipinski definition) is 3. The van der Waals surface area contributed by atoms with E-state index in [0.29, 0.717) is 6.54 Å². The summed E-state index contributed by atoms with van der Waals surface area (Å²) in [6.07, 6.45) is 4.60. The zero-order valence-electron chi connectivity index (χ0n) is 18.3. The van der Waals surface area contributed by atoms with Crippen LogP contribution in [0, 0.1) is 5.92 Å². The van der Waals surface area contributed by atoms with E-state index in [9.17, 15) is 4.79 Å². The number of anilines is 1. The Bertz CT molecular complexity index is 976. The molecule has 7 nitrogen and oxygen atoms in total. The van der Waals surface area contributed by atoms with Gasteiger partial charge in [-0.2, -0.15) is 5.10 Å². The van der Waals surface area contributed by atoms with Gasteiger partial charge in [0.1, 0.15) is 0 Å². The minimum atomic E-state index is -0.0370. The van der Waals surface area contributed by atoms with Crippen LogP contribution < -0.4 is 16.0 Å². The van der Waals surface area contributed by atoms with E-state index in [1.807, 2.05) is 55.1 Å². The van der Waals surface area contributed by atoms with Crippen molar-refractivity contribution >= 4 is 17.6 Å². The average molecular weight is 419 g/mol. The van der Waals surface area contributed by atoms with Gasteiger partial charge in [-0.25, -0.2) is 4.68 Å². The molecule has 0 aliphatic rings. The normalized spacial score (nSPS) is 11.4. The lowest BCUT2D eigenvalue weighted by Gasteiger charge is -2.13. The molecule has 31 heavy (non-hydrogen) atoms. The molecule has 3 rings (SSSR count). The molecule has 0 spiro atoms. The van der Waals surface area contributed by atoms with E-state index < -0.39 is 0 Å². The Morgan fingerprint density at radius 2 is 1.74 bits per heavy atom. The number of nitrogens with one attached hydrogen (secondary N) is 3. The summed E-state index contributed by atoms with van der Waals surface area (Å²) >= 11 is 0. The maximum absolute atomic E-state index is 11.8. The number of amides is 1. The van der Waals surface area contributed by atoms with Gasteiger partial charge in [-0.3, -0.25) is 9.79 Å². The van der Waals surface area contributed by atoms with Crippen LogP contribution in [0.15, 0.2) is 72.0 Å². The van der Waals surface area contributed by atoms with Crippen LogP contribution in [0.2, 0.25) is 0 Å². The molecular weight excluding hydrogens is 388 g/mol. The molecule has 2 aromatic carbocycles. The molecule has 0 atom stereocenters. The quantitative estimate of drug-likeness (QED) is 0.387. The molecule has 162 valence electrons. The maximum Gasteiger partial charge on any atom is 0.226 e. The summed E-state index contributed by atoms with van der Waals surface area (Å²) in [6.45, 7) is 5.18. The summed E-state index contributed by atoms with van der Waals surface area (Å²) in [5.41, 5.74) is 4.22. The molecule has 3 aromatic rings. The van der Waals surface area contributed by atoms with Crippen LogP contribution >= 0.6 is 0 Å². The number of guanidine groups is 1. The molecule has 3 N–H and O–H groups in total. The highest BCUT2D eigenvalue weighted by Gasteiger charge is 2.07. The number of carbonyl (C=O) groups excluding carboxylic acids is 1. The van der Waals surface area contributed by atoms with E-state index in [-0.39, 0.29) is 11.8 Å². The van der Waals surface area contributed by atoms with Crippen LogP contribution in [-0.4, -0.2) is 35.2 Å². The van der Waals surface area contributed by atoms with Gasteiger partial charge >= 0.3 is 0 Å². The van der Waals surface area contributed by atoms with Crippen LogP contribution in [-0.2, 0) is 17.8 Å². The van der Waals surface area contributed by atoms with Crippen LogP contribution in [0.25, 0.3) is 5.69 Å². The van der Waals surface area contributed by atoms with Crippen molar-refractivity contribution in [2.45, 2.75) is 26.8 Å². The van der Waals surface area contributed by atoms with Gasteiger partial charge in [-0.1, -0.05) is 38.1 Å². The van der Waals surface area contributed by atoms with E-state index >= 15 is 0 Å². The van der Waals surface area contributed by atoms with Gasteiger partial charge in [-0.05, 0) is 47.9 Å². The fourth-order valence-electron chi connectivity index (χ4n) is 2.96. The topological polar surface area (TPSA) is 83.3 Å². The van der Waals surface area contributed by atoms with Crippen molar-refractivity contribution in [3.05, 3.63) is 78.1 Å². The Morgan fingerprint density at radius 3 is 2.35 bits per heavy atom. The fraction of sp³-hybridized carbons (Fsp3) is 0.292. The zero-order valence-corrected chi connectivity index (χ0v) is 18.3. The van der Waals surface area contributed by atoms with Gasteiger partial charge in [0.25, 0.3) is 0 Å². The standard InChI is InChI=1S/C24H30N6O/c1-18(2)23(31)29-21-9-5-20(6-10-21)17-27-24(25-3)26-15-13-19-7-11-22(12-8-19)30-16-4-14-28-30/h4-12,14,16,18H,13,15,17H2,1-3H3,(H,29,31)(H2,25,26,27). The lowest BCUT2D eigenvalue weighted by atomic mass is 10.1. The summed E-state index contributed by atoms with van der Waals surface area (Å²) in [5, 5.41) is 13.8. The van der Waals surface area contributed by atoms with Crippen molar-refractivity contribution in [3.63, 3.8) is 0 Å². The second-order valence-electron chi connectivity index (χ2n) is 7.56. The lowest BCUT2D eigenvalue weighted by Crippen LogP contribution is -2.37. The zero-order chi connectivity index (χ0) is 22.1. The van der Waals surface area contributed by atoms with Crippen molar-refractivity contribution in [1.82, 2.24) is 20.4 Å². The molecule has 0 bridgehead atoms. The molecule has 0 saturated heterocycles. The highest BCUT2D eigenvalue weighted by Crippen LogP contribution is 2.11. The van der Waals surface area contributed by atoms with Gasteiger partial charge in [0.05, 0.1) is 5.69 Å². The molecule has 7 heteroatoms. The van der Waals surface area contributed by atoms with Gasteiger partial charge < -0.3 is 16.0 Å². The third kappa shape index (κ3) is 6.70. The van der Waals surface area contributed by atoms with E-state index in [1.165, 1.54) is 5.56 Å². The monoisotopic (exact) mass is 418 g/mol. The van der Waals surface area contributed by atoms with Crippen molar-refractivity contribution in [2.24, 2.45) is 10.9 Å². The fourth-order valence-corrected chi connectivity index (χ4v) is 2.96. The number of nitrogens with zero attached hydrogens (tertiary/aromatic N) is 3. The first kappa shape index (κ1) is 22.1. The minimum Gasteiger partial charge on any atom is -0.356 e. The van der Waals surface area contributed by atoms with E-state index in [4.69, 9.17) is 0 Å². The van der Waals surface area contributed by atoms with Crippen LogP contribution in [0.3, 0.4) is 0 Å². The van der Waals surface area contributed by atoms with E-state index in [1.54, 1.807) is 13.2 Å². The van der Waals surface area contributed by atoms with Gasteiger partial charge in [0, 0.05) is 44.1 Å². The molecular formula is C24H30N6O. The summed E-state index contributed by atoms with van der Waals surface area (Å²) in [6, 6.07) is 18.1. The number of aromatic nitrogens is 2. The van der Waals surface area contributed by atoms with Crippen molar-refractivity contribution in [3.8, 4) is 5.69 Å². The molecule has 0 fully saturated rings. The molecule has 0 unspecified atom stereocenters. The number of rotatable bonds is 8. The molecule has 0 radical (unpaired) electrons. The third-order valence-electron chi connectivity index (χ3n) is 4.84. The second kappa shape index (κ2) is 11.0. The van der Waals surface area contributed by atoms with Crippen LogP contribution in [0.4, 0.5) is 5.69 Å². The van der Waals surface area contributed by atoms with Gasteiger partial charge in [-0.15, -0.1) is 0 Å². The van der Waals surface area contributed by atoms with Gasteiger partial charge in [0.2, 0.25) is 5.91 Å². The number of aliphatic imine (C=N–C) groups is 1. The summed E-state index contributed by atoms with van der Waals surface area (Å²) < 4.78 is 1.85. The molecule has 0 aliphatic heterocycles. The predicted molar refractivity (Wildman–Crippen MR) is 125 cm³/mol. The summed E-state index contributed by atoms with van der Waals surface area (Å²) in [7, 11) is 1.76. The molecule has 1 heterocycles. The highest BCUT2D eigenvalue weighted by molar-refractivity contribution is 5.92. The molecule has 1 aromatic heterocycles. The Kier molecular flexibility index (Phi) is 7.81. The van der Waals surface area contributed by atoms with E-state index in [2.05, 4.69) is 50.3 Å². The molecule has 1 amide bonds. The second-order valence-corrected chi connectivity index (χ2v) is 7.56. The highest BCUT2D eigenvalue weighted by atomic mass is 16.1. The SMILES string of the molecule is CN=C(NCCc1ccc(-n2cccn2)cc1)NCc1ccc(NC(=O)C(C)C)cc1. The molecule has 0 aliphatic carbocycles. The minimum absolute atomic E-state index is 0.0199. The molecule has 0 saturated carbocycles. The number of benzene rings is 2. The van der Waals surface area contributed by atoms with Gasteiger partial charge in [0.15, 0.2) is 5.96 Å². The van der Waals surface area contributed by atoms with Crippen molar-refractivity contribution in [2.75, 3.05) is 18.9 Å². The lowest BCUT2D eigenvalue weighted by molar-refractivity contribution is -0.118. The number of carbonyl (C=O) groups is 1. The van der Waals surface area contributed by atoms with Crippen molar-refractivity contribution < 1.29 is 4.79 Å². The Balaban J connectivity index is 1.42. The first-order valence-electron chi connectivity index (χ1n) is 10.5. The van der Waals surface area contributed by atoms with E-state index in [0.717, 1.165) is 35.9 Å². The van der Waals surface area contributed by atoms with Crippen LogP contribution in [0.5, 0.6) is 0 Å². The Labute approximate surface area is 183 Å². The predicted octanol–water partition coefficient (Wildman–Crippen LogP) is 3.37.